The largest absolute Gasteiger partial charge is 0.497 e. The van der Waals surface area contributed by atoms with Crippen molar-refractivity contribution in [1.29, 1.82) is 0 Å². The summed E-state index contributed by atoms with van der Waals surface area (Å²) in [6, 6.07) is 8.14. The quantitative estimate of drug-likeness (QED) is 0.816. The van der Waals surface area contributed by atoms with Crippen molar-refractivity contribution in [3.63, 3.8) is 0 Å². The zero-order valence-electron chi connectivity index (χ0n) is 11.6. The maximum Gasteiger partial charge on any atom is 0.222 e. The van der Waals surface area contributed by atoms with Gasteiger partial charge in [-0.25, -0.2) is 0 Å². The molecule has 2 rings (SSSR count). The van der Waals surface area contributed by atoms with Gasteiger partial charge in [0.05, 0.1) is 13.7 Å². The first-order valence-electron chi connectivity index (χ1n) is 6.65. The Balaban J connectivity index is 2.01. The Bertz CT molecular complexity index is 416. The Labute approximate surface area is 114 Å². The number of rotatable bonds is 5. The van der Waals surface area contributed by atoms with Gasteiger partial charge in [-0.15, -0.1) is 0 Å². The summed E-state index contributed by atoms with van der Waals surface area (Å²) in [5, 5.41) is 0. The number of amides is 1. The predicted octanol–water partition coefficient (Wildman–Crippen LogP) is 2.05. The highest BCUT2D eigenvalue weighted by molar-refractivity contribution is 5.77. The van der Waals surface area contributed by atoms with E-state index >= 15 is 0 Å². The van der Waals surface area contributed by atoms with E-state index in [1.165, 1.54) is 5.56 Å². The fraction of sp³-hybridized carbons (Fsp3) is 0.533. The summed E-state index contributed by atoms with van der Waals surface area (Å²) in [5.41, 5.74) is 1.27. The number of likely N-dealkylation sites (tertiary alicyclic amines) is 1. The lowest BCUT2D eigenvalue weighted by molar-refractivity contribution is -0.134. The monoisotopic (exact) mass is 263 g/mol. The molecule has 0 radical (unpaired) electrons. The molecule has 1 aromatic rings. The Hall–Kier alpha value is -1.55. The molecule has 1 heterocycles. The zero-order valence-corrected chi connectivity index (χ0v) is 11.6. The number of piperidine rings is 1. The summed E-state index contributed by atoms with van der Waals surface area (Å²) in [7, 11) is 3.33. The molecule has 1 unspecified atom stereocenters. The molecule has 4 heteroatoms. The fourth-order valence-corrected chi connectivity index (χ4v) is 2.48. The van der Waals surface area contributed by atoms with Gasteiger partial charge in [0.25, 0.3) is 0 Å². The average Bonchev–Trinajstić information content (AvgIpc) is 2.46. The molecular formula is C15H21NO3. The van der Waals surface area contributed by atoms with Gasteiger partial charge in [-0.05, 0) is 24.1 Å². The lowest BCUT2D eigenvalue weighted by atomic mass is 9.90. The number of hydrogen-bond donors (Lipinski definition) is 0. The number of benzene rings is 1. The van der Waals surface area contributed by atoms with Gasteiger partial charge < -0.3 is 14.4 Å². The van der Waals surface area contributed by atoms with Crippen LogP contribution in [-0.2, 0) is 9.53 Å². The first-order chi connectivity index (χ1) is 9.24. The lowest BCUT2D eigenvalue weighted by Gasteiger charge is -2.32. The van der Waals surface area contributed by atoms with Gasteiger partial charge in [-0.2, -0.15) is 0 Å². The van der Waals surface area contributed by atoms with Crippen LogP contribution in [0.5, 0.6) is 5.75 Å². The molecule has 4 nitrogen and oxygen atoms in total. The van der Waals surface area contributed by atoms with E-state index in [1.54, 1.807) is 14.2 Å². The van der Waals surface area contributed by atoms with Crippen LogP contribution in [0.4, 0.5) is 0 Å². The Morgan fingerprint density at radius 1 is 1.26 bits per heavy atom. The van der Waals surface area contributed by atoms with Crippen LogP contribution < -0.4 is 4.74 Å². The second-order valence-electron chi connectivity index (χ2n) is 4.84. The van der Waals surface area contributed by atoms with E-state index in [9.17, 15) is 4.79 Å². The molecule has 0 bridgehead atoms. The van der Waals surface area contributed by atoms with Gasteiger partial charge in [0.15, 0.2) is 0 Å². The molecular weight excluding hydrogens is 242 g/mol. The number of ether oxygens (including phenoxy) is 2. The number of methoxy groups -OCH3 is 2. The summed E-state index contributed by atoms with van der Waals surface area (Å²) in [6.45, 7) is 2.07. The fourth-order valence-electron chi connectivity index (χ4n) is 2.48. The normalized spacial score (nSPS) is 19.6. The molecule has 1 aromatic carbocycles. The minimum Gasteiger partial charge on any atom is -0.497 e. The van der Waals surface area contributed by atoms with Crippen molar-refractivity contribution in [3.05, 3.63) is 29.8 Å². The third-order valence-corrected chi connectivity index (χ3v) is 3.65. The third-order valence-electron chi connectivity index (χ3n) is 3.65. The summed E-state index contributed by atoms with van der Waals surface area (Å²) in [4.78, 5) is 13.7. The molecule has 0 aromatic heterocycles. The highest BCUT2D eigenvalue weighted by Crippen LogP contribution is 2.28. The van der Waals surface area contributed by atoms with Gasteiger partial charge >= 0.3 is 0 Å². The van der Waals surface area contributed by atoms with Gasteiger partial charge in [-0.3, -0.25) is 4.79 Å². The molecule has 0 aliphatic carbocycles. The molecule has 1 aliphatic heterocycles. The first kappa shape index (κ1) is 13.9. The molecule has 0 saturated carbocycles. The second-order valence-corrected chi connectivity index (χ2v) is 4.84. The van der Waals surface area contributed by atoms with Crippen molar-refractivity contribution in [3.8, 4) is 5.75 Å². The summed E-state index contributed by atoms with van der Waals surface area (Å²) in [6.07, 6.45) is 1.55. The highest BCUT2D eigenvalue weighted by Gasteiger charge is 2.26. The maximum absolute atomic E-state index is 11.8. The van der Waals surface area contributed by atoms with E-state index in [-0.39, 0.29) is 5.91 Å². The molecule has 0 N–H and O–H groups in total. The molecule has 1 aliphatic rings. The Morgan fingerprint density at radius 2 is 2.00 bits per heavy atom. The van der Waals surface area contributed by atoms with Crippen LogP contribution in [0.3, 0.4) is 0 Å². The smallest absolute Gasteiger partial charge is 0.222 e. The van der Waals surface area contributed by atoms with E-state index in [0.717, 1.165) is 18.7 Å². The standard InChI is InChI=1S/C15H21NO3/c1-18-10-9-16-11-13(5-8-15(16)17)12-3-6-14(19-2)7-4-12/h3-4,6-7,13H,5,8-11H2,1-2H3. The predicted molar refractivity (Wildman–Crippen MR) is 73.4 cm³/mol. The van der Waals surface area contributed by atoms with Gasteiger partial charge in [0.1, 0.15) is 5.75 Å². The second kappa shape index (κ2) is 6.57. The first-order valence-corrected chi connectivity index (χ1v) is 6.65. The van der Waals surface area contributed by atoms with Gasteiger partial charge in [0, 0.05) is 32.5 Å². The third kappa shape index (κ3) is 3.47. The van der Waals surface area contributed by atoms with E-state index in [1.807, 2.05) is 17.0 Å². The number of carbonyl (C=O) groups is 1. The van der Waals surface area contributed by atoms with Crippen molar-refractivity contribution >= 4 is 5.91 Å². The molecule has 1 atom stereocenters. The van der Waals surface area contributed by atoms with Crippen molar-refractivity contribution in [2.75, 3.05) is 33.9 Å². The summed E-state index contributed by atoms with van der Waals surface area (Å²) >= 11 is 0. The van der Waals surface area contributed by atoms with Crippen LogP contribution in [0.25, 0.3) is 0 Å². The van der Waals surface area contributed by atoms with Crippen LogP contribution in [-0.4, -0.2) is 44.7 Å². The number of hydrogen-bond acceptors (Lipinski definition) is 3. The topological polar surface area (TPSA) is 38.8 Å². The molecule has 1 fully saturated rings. The van der Waals surface area contributed by atoms with E-state index in [2.05, 4.69) is 12.1 Å². The minimum atomic E-state index is 0.238. The van der Waals surface area contributed by atoms with Crippen LogP contribution in [0.2, 0.25) is 0 Å². The van der Waals surface area contributed by atoms with Gasteiger partial charge in [0.2, 0.25) is 5.91 Å². The van der Waals surface area contributed by atoms with E-state index < -0.39 is 0 Å². The van der Waals surface area contributed by atoms with Crippen LogP contribution in [0, 0.1) is 0 Å². The zero-order chi connectivity index (χ0) is 13.7. The SMILES string of the molecule is COCCN1CC(c2ccc(OC)cc2)CCC1=O. The molecule has 19 heavy (non-hydrogen) atoms. The maximum atomic E-state index is 11.8. The lowest BCUT2D eigenvalue weighted by Crippen LogP contribution is -2.40. The van der Waals surface area contributed by atoms with Crippen molar-refractivity contribution < 1.29 is 14.3 Å². The van der Waals surface area contributed by atoms with E-state index in [0.29, 0.717) is 25.5 Å². The van der Waals surface area contributed by atoms with Crippen molar-refractivity contribution in [2.45, 2.75) is 18.8 Å². The summed E-state index contributed by atoms with van der Waals surface area (Å²) in [5.74, 6) is 1.52. The Morgan fingerprint density at radius 3 is 2.63 bits per heavy atom. The average molecular weight is 263 g/mol. The van der Waals surface area contributed by atoms with Crippen LogP contribution in [0.15, 0.2) is 24.3 Å². The number of nitrogens with zero attached hydrogens (tertiary/aromatic N) is 1. The minimum absolute atomic E-state index is 0.238. The van der Waals surface area contributed by atoms with E-state index in [4.69, 9.17) is 9.47 Å². The van der Waals surface area contributed by atoms with Gasteiger partial charge in [-0.1, -0.05) is 12.1 Å². The highest BCUT2D eigenvalue weighted by atomic mass is 16.5. The van der Waals surface area contributed by atoms with Crippen molar-refractivity contribution in [1.82, 2.24) is 4.90 Å². The summed E-state index contributed by atoms with van der Waals surface area (Å²) < 4.78 is 10.2. The van der Waals surface area contributed by atoms with Crippen molar-refractivity contribution in [2.24, 2.45) is 0 Å². The molecule has 104 valence electrons. The molecule has 1 amide bonds. The van der Waals surface area contributed by atoms with Crippen LogP contribution >= 0.6 is 0 Å². The molecule has 0 spiro atoms. The Kier molecular flexibility index (Phi) is 4.80. The molecule has 1 saturated heterocycles. The number of carbonyl (C=O) groups excluding carboxylic acids is 1. The van der Waals surface area contributed by atoms with Crippen LogP contribution in [0.1, 0.15) is 24.3 Å².